The standard InChI is InChI=1S/C17H24O2/c1-5-12(4)16(18)11-17(19)15-9-8-13(6-2)10-14(15)7-3/h8-10,12H,5-7,11H2,1-4H3. The third-order valence-corrected chi connectivity index (χ3v) is 3.76. The van der Waals surface area contributed by atoms with Crippen molar-refractivity contribution >= 4 is 11.6 Å². The Morgan fingerprint density at radius 1 is 1.11 bits per heavy atom. The number of carbonyl (C=O) groups excluding carboxylic acids is 2. The van der Waals surface area contributed by atoms with Crippen LogP contribution in [0.5, 0.6) is 0 Å². The minimum Gasteiger partial charge on any atom is -0.299 e. The number of carbonyl (C=O) groups is 2. The molecule has 1 unspecified atom stereocenters. The van der Waals surface area contributed by atoms with Gasteiger partial charge in [-0.2, -0.15) is 0 Å². The minimum absolute atomic E-state index is 0.0241. The van der Waals surface area contributed by atoms with Crippen molar-refractivity contribution in [2.45, 2.75) is 53.4 Å². The first-order valence-electron chi connectivity index (χ1n) is 7.21. The molecule has 0 aliphatic rings. The summed E-state index contributed by atoms with van der Waals surface area (Å²) in [6.45, 7) is 8.00. The van der Waals surface area contributed by atoms with Gasteiger partial charge in [-0.3, -0.25) is 9.59 Å². The Balaban J connectivity index is 2.90. The zero-order chi connectivity index (χ0) is 14.4. The van der Waals surface area contributed by atoms with Gasteiger partial charge in [-0.1, -0.05) is 45.9 Å². The molecule has 0 radical (unpaired) electrons. The third kappa shape index (κ3) is 4.02. The summed E-state index contributed by atoms with van der Waals surface area (Å²) in [5.41, 5.74) is 3.01. The maximum atomic E-state index is 12.2. The molecule has 0 N–H and O–H groups in total. The highest BCUT2D eigenvalue weighted by molar-refractivity contribution is 6.09. The summed E-state index contributed by atoms with van der Waals surface area (Å²) in [6, 6.07) is 5.95. The predicted octanol–water partition coefficient (Wildman–Crippen LogP) is 4.00. The van der Waals surface area contributed by atoms with Crippen molar-refractivity contribution in [1.82, 2.24) is 0 Å². The van der Waals surface area contributed by atoms with Gasteiger partial charge in [-0.25, -0.2) is 0 Å². The van der Waals surface area contributed by atoms with E-state index in [4.69, 9.17) is 0 Å². The molecule has 0 aromatic heterocycles. The lowest BCUT2D eigenvalue weighted by Gasteiger charge is -2.10. The van der Waals surface area contributed by atoms with Gasteiger partial charge in [0.25, 0.3) is 0 Å². The van der Waals surface area contributed by atoms with E-state index in [-0.39, 0.29) is 23.9 Å². The van der Waals surface area contributed by atoms with Gasteiger partial charge in [0.15, 0.2) is 5.78 Å². The number of Topliss-reactive ketones (excluding diaryl/α,β-unsaturated/α-hetero) is 2. The van der Waals surface area contributed by atoms with Crippen LogP contribution >= 0.6 is 0 Å². The molecule has 2 nitrogen and oxygen atoms in total. The van der Waals surface area contributed by atoms with Crippen LogP contribution in [0.25, 0.3) is 0 Å². The largest absolute Gasteiger partial charge is 0.299 e. The average Bonchev–Trinajstić information content (AvgIpc) is 2.45. The van der Waals surface area contributed by atoms with Gasteiger partial charge in [0.05, 0.1) is 6.42 Å². The van der Waals surface area contributed by atoms with Gasteiger partial charge in [0.1, 0.15) is 5.78 Å². The summed E-state index contributed by atoms with van der Waals surface area (Å²) < 4.78 is 0. The quantitative estimate of drug-likeness (QED) is 0.548. The Hall–Kier alpha value is -1.44. The van der Waals surface area contributed by atoms with Crippen molar-refractivity contribution in [2.75, 3.05) is 0 Å². The lowest BCUT2D eigenvalue weighted by molar-refractivity contribution is -0.121. The number of hydrogen-bond acceptors (Lipinski definition) is 2. The smallest absolute Gasteiger partial charge is 0.170 e. The molecule has 0 amide bonds. The lowest BCUT2D eigenvalue weighted by Crippen LogP contribution is -2.16. The second-order valence-corrected chi connectivity index (χ2v) is 5.07. The topological polar surface area (TPSA) is 34.1 Å². The van der Waals surface area contributed by atoms with Gasteiger partial charge in [0, 0.05) is 11.5 Å². The van der Waals surface area contributed by atoms with Crippen molar-refractivity contribution in [3.63, 3.8) is 0 Å². The summed E-state index contributed by atoms with van der Waals surface area (Å²) in [4.78, 5) is 24.1. The molecule has 1 aromatic carbocycles. The van der Waals surface area contributed by atoms with Crippen molar-refractivity contribution in [2.24, 2.45) is 5.92 Å². The molecule has 0 aliphatic carbocycles. The molecular formula is C17H24O2. The number of benzene rings is 1. The molecule has 0 bridgehead atoms. The molecule has 1 atom stereocenters. The second kappa shape index (κ2) is 7.22. The molecule has 0 fully saturated rings. The first-order chi connectivity index (χ1) is 9.03. The molecule has 19 heavy (non-hydrogen) atoms. The van der Waals surface area contributed by atoms with E-state index in [0.717, 1.165) is 30.4 Å². The fraction of sp³-hybridized carbons (Fsp3) is 0.529. The van der Waals surface area contributed by atoms with Crippen LogP contribution in [0.2, 0.25) is 0 Å². The maximum Gasteiger partial charge on any atom is 0.170 e. The SMILES string of the molecule is CCc1ccc(C(=O)CC(=O)C(C)CC)c(CC)c1. The molecule has 2 heteroatoms. The van der Waals surface area contributed by atoms with E-state index in [1.54, 1.807) is 0 Å². The first-order valence-corrected chi connectivity index (χ1v) is 7.21. The zero-order valence-electron chi connectivity index (χ0n) is 12.5. The highest BCUT2D eigenvalue weighted by Crippen LogP contribution is 2.17. The summed E-state index contributed by atoms with van der Waals surface area (Å²) >= 11 is 0. The first kappa shape index (κ1) is 15.6. The van der Waals surface area contributed by atoms with Crippen molar-refractivity contribution in [3.8, 4) is 0 Å². The van der Waals surface area contributed by atoms with Crippen molar-refractivity contribution in [3.05, 3.63) is 34.9 Å². The molecule has 0 saturated heterocycles. The van der Waals surface area contributed by atoms with Gasteiger partial charge >= 0.3 is 0 Å². The Kier molecular flexibility index (Phi) is 5.94. The minimum atomic E-state index is -0.0372. The van der Waals surface area contributed by atoms with E-state index in [1.165, 1.54) is 5.56 Å². The van der Waals surface area contributed by atoms with Crippen LogP contribution in [0, 0.1) is 5.92 Å². The lowest BCUT2D eigenvalue weighted by atomic mass is 9.92. The van der Waals surface area contributed by atoms with Crippen LogP contribution in [0.1, 0.15) is 62.0 Å². The maximum absolute atomic E-state index is 12.2. The Bertz CT molecular complexity index is 460. The molecule has 0 spiro atoms. The van der Waals surface area contributed by atoms with Crippen molar-refractivity contribution < 1.29 is 9.59 Å². The van der Waals surface area contributed by atoms with E-state index in [9.17, 15) is 9.59 Å². The summed E-state index contributed by atoms with van der Waals surface area (Å²) in [5.74, 6) is -0.0112. The van der Waals surface area contributed by atoms with E-state index in [0.29, 0.717) is 0 Å². The fourth-order valence-electron chi connectivity index (χ4n) is 2.09. The third-order valence-electron chi connectivity index (χ3n) is 3.76. The highest BCUT2D eigenvalue weighted by Gasteiger charge is 2.18. The fourth-order valence-corrected chi connectivity index (χ4v) is 2.09. The van der Waals surface area contributed by atoms with Crippen LogP contribution in [0.4, 0.5) is 0 Å². The van der Waals surface area contributed by atoms with Gasteiger partial charge < -0.3 is 0 Å². The van der Waals surface area contributed by atoms with Crippen LogP contribution in [0.3, 0.4) is 0 Å². The monoisotopic (exact) mass is 260 g/mol. The van der Waals surface area contributed by atoms with E-state index in [2.05, 4.69) is 13.0 Å². The van der Waals surface area contributed by atoms with Crippen molar-refractivity contribution in [1.29, 1.82) is 0 Å². The van der Waals surface area contributed by atoms with Crippen LogP contribution in [0.15, 0.2) is 18.2 Å². The molecule has 1 aromatic rings. The number of ketones is 2. The molecule has 0 saturated carbocycles. The van der Waals surface area contributed by atoms with Crippen LogP contribution in [-0.4, -0.2) is 11.6 Å². The summed E-state index contributed by atoms with van der Waals surface area (Å²) in [7, 11) is 0. The van der Waals surface area contributed by atoms with Gasteiger partial charge in [0.2, 0.25) is 0 Å². The average molecular weight is 260 g/mol. The predicted molar refractivity (Wildman–Crippen MR) is 78.6 cm³/mol. The van der Waals surface area contributed by atoms with E-state index >= 15 is 0 Å². The van der Waals surface area contributed by atoms with Crippen LogP contribution < -0.4 is 0 Å². The number of rotatable bonds is 7. The zero-order valence-corrected chi connectivity index (χ0v) is 12.5. The highest BCUT2D eigenvalue weighted by atomic mass is 16.1. The number of hydrogen-bond donors (Lipinski definition) is 0. The molecular weight excluding hydrogens is 236 g/mol. The van der Waals surface area contributed by atoms with Gasteiger partial charge in [-0.05, 0) is 30.4 Å². The summed E-state index contributed by atoms with van der Waals surface area (Å²) in [5, 5.41) is 0. The number of aryl methyl sites for hydroxylation is 2. The van der Waals surface area contributed by atoms with E-state index in [1.807, 2.05) is 32.9 Å². The van der Waals surface area contributed by atoms with Gasteiger partial charge in [-0.15, -0.1) is 0 Å². The second-order valence-electron chi connectivity index (χ2n) is 5.07. The van der Waals surface area contributed by atoms with Crippen LogP contribution in [-0.2, 0) is 17.6 Å². The Labute approximate surface area is 116 Å². The summed E-state index contributed by atoms with van der Waals surface area (Å²) in [6.07, 6.45) is 2.62. The normalized spacial score (nSPS) is 12.2. The van der Waals surface area contributed by atoms with E-state index < -0.39 is 0 Å². The molecule has 0 heterocycles. The molecule has 0 aliphatic heterocycles. The Morgan fingerprint density at radius 2 is 1.79 bits per heavy atom. The Morgan fingerprint density at radius 3 is 2.32 bits per heavy atom. The molecule has 104 valence electrons. The molecule has 1 rings (SSSR count).